The lowest BCUT2D eigenvalue weighted by Gasteiger charge is -2.22. The number of aryl methyl sites for hydroxylation is 1. The van der Waals surface area contributed by atoms with Crippen molar-refractivity contribution in [3.05, 3.63) is 59.2 Å². The number of hydrogen-bond donors (Lipinski definition) is 4. The van der Waals surface area contributed by atoms with E-state index in [4.69, 9.17) is 11.1 Å². The lowest BCUT2D eigenvalue weighted by molar-refractivity contribution is -0.138. The molecule has 1 unspecified atom stereocenters. The molecule has 6 nitrogen and oxygen atoms in total. The molecule has 0 aromatic heterocycles. The number of nitrogen functional groups attached to an aromatic ring is 1. The predicted molar refractivity (Wildman–Crippen MR) is 104 cm³/mol. The topological polar surface area (TPSA) is 102 Å². The van der Waals surface area contributed by atoms with Crippen LogP contribution in [-0.4, -0.2) is 30.0 Å². The van der Waals surface area contributed by atoms with Crippen LogP contribution < -0.4 is 16.0 Å². The third kappa shape index (κ3) is 3.96. The third-order valence-corrected chi connectivity index (χ3v) is 4.64. The van der Waals surface area contributed by atoms with Gasteiger partial charge in [0.25, 0.3) is 0 Å². The van der Waals surface area contributed by atoms with Gasteiger partial charge in [-0.15, -0.1) is 0 Å². The van der Waals surface area contributed by atoms with Crippen molar-refractivity contribution in [2.75, 3.05) is 23.3 Å². The number of aliphatic carboxylic acids is 1. The lowest BCUT2D eigenvalue weighted by Crippen LogP contribution is -2.22. The first kappa shape index (κ1) is 17.8. The van der Waals surface area contributed by atoms with Crippen molar-refractivity contribution in [1.29, 1.82) is 5.41 Å². The van der Waals surface area contributed by atoms with Gasteiger partial charge in [0.1, 0.15) is 5.84 Å². The van der Waals surface area contributed by atoms with Gasteiger partial charge in [-0.05, 0) is 67.3 Å². The highest BCUT2D eigenvalue weighted by atomic mass is 16.4. The van der Waals surface area contributed by atoms with Gasteiger partial charge in [0.05, 0.1) is 0 Å². The highest BCUT2D eigenvalue weighted by Crippen LogP contribution is 2.28. The molecule has 1 aliphatic heterocycles. The normalized spacial score (nSPS) is 14.9. The van der Waals surface area contributed by atoms with Gasteiger partial charge in [0, 0.05) is 30.0 Å². The number of nitrogens with zero attached hydrogens (tertiary/aromatic N) is 1. The maximum atomic E-state index is 11.9. The van der Waals surface area contributed by atoms with Crippen molar-refractivity contribution in [3.8, 4) is 0 Å². The summed E-state index contributed by atoms with van der Waals surface area (Å²) in [7, 11) is 0. The Bertz CT molecular complexity index is 811. The first-order valence-corrected chi connectivity index (χ1v) is 8.74. The summed E-state index contributed by atoms with van der Waals surface area (Å²) in [6.07, 6.45) is 2.35. The molecule has 1 atom stereocenters. The van der Waals surface area contributed by atoms with Crippen LogP contribution >= 0.6 is 0 Å². The van der Waals surface area contributed by atoms with Crippen LogP contribution in [0.25, 0.3) is 0 Å². The van der Waals surface area contributed by atoms with Crippen LogP contribution in [0.1, 0.15) is 35.6 Å². The number of nitrogens with two attached hydrogens (primary N) is 1. The number of nitrogens with one attached hydrogen (secondary N) is 2. The van der Waals surface area contributed by atoms with Crippen LogP contribution in [-0.2, 0) is 4.79 Å². The number of benzene rings is 2. The molecule has 26 heavy (non-hydrogen) atoms. The van der Waals surface area contributed by atoms with Gasteiger partial charge in [-0.2, -0.15) is 0 Å². The average molecular weight is 352 g/mol. The van der Waals surface area contributed by atoms with E-state index in [1.165, 1.54) is 12.8 Å². The zero-order chi connectivity index (χ0) is 18.7. The maximum absolute atomic E-state index is 11.9. The van der Waals surface area contributed by atoms with E-state index in [2.05, 4.69) is 16.3 Å². The number of carboxylic acids is 1. The fraction of sp³-hybridized carbons (Fsp3) is 0.300. The van der Waals surface area contributed by atoms with Crippen LogP contribution in [0.4, 0.5) is 11.4 Å². The Labute approximate surface area is 153 Å². The fourth-order valence-electron chi connectivity index (χ4n) is 3.32. The zero-order valence-electron chi connectivity index (χ0n) is 14.8. The quantitative estimate of drug-likeness (QED) is 0.472. The number of carboxylic acid groups (broad SMARTS) is 1. The fourth-order valence-corrected chi connectivity index (χ4v) is 3.32. The third-order valence-electron chi connectivity index (χ3n) is 4.64. The molecule has 2 aromatic carbocycles. The Hall–Kier alpha value is -3.02. The summed E-state index contributed by atoms with van der Waals surface area (Å²) in [4.78, 5) is 14.2. The van der Waals surface area contributed by atoms with E-state index < -0.39 is 12.0 Å². The van der Waals surface area contributed by atoms with E-state index in [1.54, 1.807) is 24.3 Å². The van der Waals surface area contributed by atoms with Crippen molar-refractivity contribution in [2.45, 2.75) is 25.8 Å². The summed E-state index contributed by atoms with van der Waals surface area (Å²) in [6.45, 7) is 4.02. The molecule has 0 bridgehead atoms. The van der Waals surface area contributed by atoms with Gasteiger partial charge in [-0.3, -0.25) is 5.41 Å². The summed E-state index contributed by atoms with van der Waals surface area (Å²) in [5, 5.41) is 20.3. The minimum absolute atomic E-state index is 0.0136. The minimum Gasteiger partial charge on any atom is -0.479 e. The van der Waals surface area contributed by atoms with Gasteiger partial charge in [0.2, 0.25) is 0 Å². The Kier molecular flexibility index (Phi) is 5.11. The van der Waals surface area contributed by atoms with E-state index in [1.807, 2.05) is 19.1 Å². The van der Waals surface area contributed by atoms with Gasteiger partial charge in [0.15, 0.2) is 6.04 Å². The Morgan fingerprint density at radius 1 is 1.19 bits per heavy atom. The molecule has 0 aliphatic carbocycles. The highest BCUT2D eigenvalue weighted by Gasteiger charge is 2.22. The van der Waals surface area contributed by atoms with Crippen molar-refractivity contribution >= 4 is 23.2 Å². The molecule has 5 N–H and O–H groups in total. The summed E-state index contributed by atoms with van der Waals surface area (Å²) < 4.78 is 0. The number of anilines is 2. The molecule has 6 heteroatoms. The molecule has 0 saturated carbocycles. The molecular formula is C20H24N4O2. The number of carbonyl (C=O) groups is 1. The predicted octanol–water partition coefficient (Wildman–Crippen LogP) is 3.12. The number of hydrogen-bond acceptors (Lipinski definition) is 4. The molecule has 0 spiro atoms. The second-order valence-corrected chi connectivity index (χ2v) is 6.70. The minimum atomic E-state index is -0.932. The first-order valence-electron chi connectivity index (χ1n) is 8.74. The SMILES string of the molecule is Cc1cc(C(Nc2ccc(C(=N)N)cc2)C(=O)O)cc(N2CCCC2)c1. The molecule has 2 aromatic rings. The highest BCUT2D eigenvalue weighted by molar-refractivity contribution is 5.95. The van der Waals surface area contributed by atoms with E-state index in [9.17, 15) is 9.90 Å². The first-order chi connectivity index (χ1) is 12.4. The van der Waals surface area contributed by atoms with Crippen molar-refractivity contribution in [2.24, 2.45) is 5.73 Å². The zero-order valence-corrected chi connectivity index (χ0v) is 14.8. The molecule has 0 radical (unpaired) electrons. The van der Waals surface area contributed by atoms with Gasteiger partial charge < -0.3 is 21.1 Å². The molecule has 1 saturated heterocycles. The molecular weight excluding hydrogens is 328 g/mol. The molecule has 136 valence electrons. The van der Waals surface area contributed by atoms with Gasteiger partial charge in [-0.1, -0.05) is 6.07 Å². The van der Waals surface area contributed by atoms with Crippen LogP contribution in [0.3, 0.4) is 0 Å². The van der Waals surface area contributed by atoms with Crippen LogP contribution in [0.5, 0.6) is 0 Å². The number of rotatable bonds is 6. The monoisotopic (exact) mass is 352 g/mol. The van der Waals surface area contributed by atoms with E-state index in [-0.39, 0.29) is 5.84 Å². The van der Waals surface area contributed by atoms with Crippen molar-refractivity contribution < 1.29 is 9.90 Å². The van der Waals surface area contributed by atoms with Crippen LogP contribution in [0, 0.1) is 12.3 Å². The summed E-state index contributed by atoms with van der Waals surface area (Å²) in [5.41, 5.74) is 9.60. The van der Waals surface area contributed by atoms with E-state index in [0.29, 0.717) is 11.3 Å². The molecule has 3 rings (SSSR count). The van der Waals surface area contributed by atoms with Gasteiger partial charge >= 0.3 is 5.97 Å². The Balaban J connectivity index is 1.87. The van der Waals surface area contributed by atoms with E-state index >= 15 is 0 Å². The Morgan fingerprint density at radius 3 is 2.42 bits per heavy atom. The largest absolute Gasteiger partial charge is 0.479 e. The van der Waals surface area contributed by atoms with Crippen molar-refractivity contribution in [1.82, 2.24) is 0 Å². The summed E-state index contributed by atoms with van der Waals surface area (Å²) >= 11 is 0. The standard InChI is InChI=1S/C20H24N4O2/c1-13-10-15(12-17(11-13)24-8-2-3-9-24)18(20(25)26)23-16-6-4-14(5-7-16)19(21)22/h4-7,10-12,18,23H,2-3,8-9H2,1H3,(H3,21,22)(H,25,26). The second kappa shape index (κ2) is 7.47. The summed E-state index contributed by atoms with van der Waals surface area (Å²) in [5.74, 6) is -0.945. The van der Waals surface area contributed by atoms with Gasteiger partial charge in [-0.25, -0.2) is 4.79 Å². The maximum Gasteiger partial charge on any atom is 0.330 e. The van der Waals surface area contributed by atoms with Crippen LogP contribution in [0.15, 0.2) is 42.5 Å². The molecule has 1 fully saturated rings. The second-order valence-electron chi connectivity index (χ2n) is 6.70. The average Bonchev–Trinajstić information content (AvgIpc) is 3.14. The van der Waals surface area contributed by atoms with E-state index in [0.717, 1.165) is 29.9 Å². The smallest absolute Gasteiger partial charge is 0.330 e. The Morgan fingerprint density at radius 2 is 1.85 bits per heavy atom. The van der Waals surface area contributed by atoms with Crippen molar-refractivity contribution in [3.63, 3.8) is 0 Å². The molecule has 0 amide bonds. The van der Waals surface area contributed by atoms with Crippen LogP contribution in [0.2, 0.25) is 0 Å². The summed E-state index contributed by atoms with van der Waals surface area (Å²) in [6, 6.07) is 12.0. The molecule has 1 aliphatic rings. The lowest BCUT2D eigenvalue weighted by atomic mass is 10.0. The molecule has 1 heterocycles. The number of amidine groups is 1.